The predicted octanol–water partition coefficient (Wildman–Crippen LogP) is 4.00. The van der Waals surface area contributed by atoms with Gasteiger partial charge in [0.15, 0.2) is 16.8 Å². The number of hydrogen-bond acceptors (Lipinski definition) is 7. The van der Waals surface area contributed by atoms with Gasteiger partial charge in [0.1, 0.15) is 17.3 Å². The summed E-state index contributed by atoms with van der Waals surface area (Å²) in [6.45, 7) is 1.91. The third-order valence-corrected chi connectivity index (χ3v) is 7.48. The molecule has 1 aliphatic heterocycles. The fourth-order valence-corrected chi connectivity index (χ4v) is 5.36. The number of carbonyl (C=O) groups is 1. The number of aryl methyl sites for hydroxylation is 1. The van der Waals surface area contributed by atoms with E-state index in [1.807, 2.05) is 49.0 Å². The van der Waals surface area contributed by atoms with Crippen molar-refractivity contribution in [1.29, 1.82) is 0 Å². The number of thioether (sulfide) groups is 1. The summed E-state index contributed by atoms with van der Waals surface area (Å²) in [5.41, 5.74) is 10.3. The standard InChI is InChI=1S/C26H21FN8OS/c1-15-30-23(17-3-5-18(27)6-4-17)24(33(15)2)19-7-8-21-31-22(14-35(21)32-19)34-13-20(37-26(34)25(28)36)16-9-11-29-12-10-16/h3-14,26H,1-2H3,(H2,28,36). The Bertz CT molecular complexity index is 1680. The summed E-state index contributed by atoms with van der Waals surface area (Å²) in [6.07, 6.45) is 7.04. The van der Waals surface area contributed by atoms with Crippen molar-refractivity contribution >= 4 is 34.0 Å². The number of anilines is 1. The van der Waals surface area contributed by atoms with Gasteiger partial charge in [0.2, 0.25) is 0 Å². The minimum absolute atomic E-state index is 0.307. The van der Waals surface area contributed by atoms with Crippen LogP contribution >= 0.6 is 11.8 Å². The van der Waals surface area contributed by atoms with Crippen molar-refractivity contribution in [3.63, 3.8) is 0 Å². The molecule has 0 fully saturated rings. The topological polar surface area (TPSA) is 107 Å². The van der Waals surface area contributed by atoms with Crippen molar-refractivity contribution in [1.82, 2.24) is 29.1 Å². The minimum Gasteiger partial charge on any atom is -0.367 e. The van der Waals surface area contributed by atoms with E-state index in [-0.39, 0.29) is 5.82 Å². The zero-order valence-corrected chi connectivity index (χ0v) is 20.7. The molecule has 184 valence electrons. The molecule has 1 aromatic carbocycles. The van der Waals surface area contributed by atoms with Crippen molar-refractivity contribution in [2.24, 2.45) is 12.8 Å². The lowest BCUT2D eigenvalue weighted by Gasteiger charge is -2.18. The number of rotatable bonds is 5. The fourth-order valence-electron chi connectivity index (χ4n) is 4.27. The van der Waals surface area contributed by atoms with Crippen molar-refractivity contribution < 1.29 is 9.18 Å². The van der Waals surface area contributed by atoms with Gasteiger partial charge in [0.25, 0.3) is 5.91 Å². The molecule has 11 heteroatoms. The minimum atomic E-state index is -0.641. The number of nitrogens with zero attached hydrogens (tertiary/aromatic N) is 7. The summed E-state index contributed by atoms with van der Waals surface area (Å²) < 4.78 is 17.1. The number of fused-ring (bicyclic) bond motifs is 1. The molecule has 2 N–H and O–H groups in total. The molecule has 0 radical (unpaired) electrons. The van der Waals surface area contributed by atoms with Crippen LogP contribution in [0.25, 0.3) is 33.2 Å². The van der Waals surface area contributed by atoms with E-state index >= 15 is 0 Å². The van der Waals surface area contributed by atoms with Crippen LogP contribution in [0.3, 0.4) is 0 Å². The van der Waals surface area contributed by atoms with E-state index < -0.39 is 11.3 Å². The summed E-state index contributed by atoms with van der Waals surface area (Å²) in [5, 5.41) is 4.16. The lowest BCUT2D eigenvalue weighted by molar-refractivity contribution is -0.117. The molecule has 6 rings (SSSR count). The van der Waals surface area contributed by atoms with Crippen LogP contribution in [0.5, 0.6) is 0 Å². The Labute approximate surface area is 215 Å². The molecular weight excluding hydrogens is 491 g/mol. The first-order valence-corrected chi connectivity index (χ1v) is 12.3. The average Bonchev–Trinajstić information content (AvgIpc) is 3.60. The van der Waals surface area contributed by atoms with Gasteiger partial charge < -0.3 is 15.2 Å². The number of halogens is 1. The average molecular weight is 513 g/mol. The summed E-state index contributed by atoms with van der Waals surface area (Å²) in [6, 6.07) is 13.7. The van der Waals surface area contributed by atoms with Crippen molar-refractivity contribution in [2.75, 3.05) is 4.90 Å². The molecule has 1 atom stereocenters. The van der Waals surface area contributed by atoms with Crippen LogP contribution in [0, 0.1) is 12.7 Å². The van der Waals surface area contributed by atoms with E-state index in [0.717, 1.165) is 27.6 Å². The number of hydrogen-bond donors (Lipinski definition) is 1. The second-order valence-corrected chi connectivity index (χ2v) is 9.67. The number of imidazole rings is 2. The normalized spacial score (nSPS) is 15.4. The molecule has 0 saturated heterocycles. The molecule has 1 aliphatic rings. The summed E-state index contributed by atoms with van der Waals surface area (Å²) in [5.74, 6) is 0.573. The Morgan fingerprint density at radius 1 is 1.03 bits per heavy atom. The van der Waals surface area contributed by atoms with Gasteiger partial charge >= 0.3 is 0 Å². The highest BCUT2D eigenvalue weighted by molar-refractivity contribution is 8.09. The monoisotopic (exact) mass is 512 g/mol. The highest BCUT2D eigenvalue weighted by atomic mass is 32.2. The van der Waals surface area contributed by atoms with Crippen molar-refractivity contribution in [3.8, 4) is 22.6 Å². The van der Waals surface area contributed by atoms with Crippen LogP contribution < -0.4 is 10.6 Å². The zero-order chi connectivity index (χ0) is 25.7. The first-order valence-electron chi connectivity index (χ1n) is 11.4. The van der Waals surface area contributed by atoms with Gasteiger partial charge in [-0.3, -0.25) is 9.78 Å². The second-order valence-electron chi connectivity index (χ2n) is 8.55. The maximum Gasteiger partial charge on any atom is 0.251 e. The van der Waals surface area contributed by atoms with E-state index in [1.165, 1.54) is 23.9 Å². The Kier molecular flexibility index (Phi) is 5.49. The largest absolute Gasteiger partial charge is 0.367 e. The SMILES string of the molecule is Cc1nc(-c2ccc(F)cc2)c(-c2ccc3nc(N4C=C(c5ccncc5)SC4C(N)=O)cn3n2)n1C. The second kappa shape index (κ2) is 8.86. The Hall–Kier alpha value is -4.51. The number of aromatic nitrogens is 6. The Morgan fingerprint density at radius 2 is 1.78 bits per heavy atom. The van der Waals surface area contributed by atoms with E-state index in [2.05, 4.69) is 4.98 Å². The quantitative estimate of drug-likeness (QED) is 0.379. The van der Waals surface area contributed by atoms with Crippen LogP contribution in [0.1, 0.15) is 11.4 Å². The van der Waals surface area contributed by atoms with Crippen LogP contribution in [0.2, 0.25) is 0 Å². The number of pyridine rings is 1. The number of carbonyl (C=O) groups excluding carboxylic acids is 1. The lowest BCUT2D eigenvalue weighted by Crippen LogP contribution is -2.37. The van der Waals surface area contributed by atoms with Gasteiger partial charge in [0.05, 0.1) is 17.6 Å². The highest BCUT2D eigenvalue weighted by Gasteiger charge is 2.33. The molecule has 9 nitrogen and oxygen atoms in total. The summed E-state index contributed by atoms with van der Waals surface area (Å²) >= 11 is 1.37. The fraction of sp³-hybridized carbons (Fsp3) is 0.115. The van der Waals surface area contributed by atoms with E-state index in [1.54, 1.807) is 40.1 Å². The predicted molar refractivity (Wildman–Crippen MR) is 141 cm³/mol. The molecule has 5 aromatic rings. The Balaban J connectivity index is 1.42. The molecule has 0 aliphatic carbocycles. The molecule has 5 heterocycles. The number of amides is 1. The third-order valence-electron chi connectivity index (χ3n) is 6.21. The maximum atomic E-state index is 13.5. The van der Waals surface area contributed by atoms with Gasteiger partial charge in [-0.1, -0.05) is 11.8 Å². The van der Waals surface area contributed by atoms with Gasteiger partial charge in [0, 0.05) is 36.1 Å². The van der Waals surface area contributed by atoms with Crippen LogP contribution in [-0.4, -0.2) is 40.4 Å². The van der Waals surface area contributed by atoms with Gasteiger partial charge in [-0.25, -0.2) is 18.9 Å². The molecule has 1 amide bonds. The third kappa shape index (κ3) is 4.02. The molecule has 37 heavy (non-hydrogen) atoms. The van der Waals surface area contributed by atoms with Crippen molar-refractivity contribution in [2.45, 2.75) is 12.3 Å². The van der Waals surface area contributed by atoms with E-state index in [4.69, 9.17) is 20.8 Å². The van der Waals surface area contributed by atoms with Crippen LogP contribution in [0.15, 0.2) is 73.3 Å². The Morgan fingerprint density at radius 3 is 2.51 bits per heavy atom. The first-order chi connectivity index (χ1) is 17.9. The van der Waals surface area contributed by atoms with Gasteiger partial charge in [-0.15, -0.1) is 0 Å². The first kappa shape index (κ1) is 22.9. The highest BCUT2D eigenvalue weighted by Crippen LogP contribution is 2.41. The number of nitrogens with two attached hydrogens (primary N) is 1. The van der Waals surface area contributed by atoms with Gasteiger partial charge in [-0.05, 0) is 61.0 Å². The maximum absolute atomic E-state index is 13.5. The molecule has 0 spiro atoms. The zero-order valence-electron chi connectivity index (χ0n) is 19.9. The molecule has 0 bridgehead atoms. The molecule has 1 unspecified atom stereocenters. The van der Waals surface area contributed by atoms with E-state index in [0.29, 0.717) is 22.9 Å². The molecule has 4 aromatic heterocycles. The lowest BCUT2D eigenvalue weighted by atomic mass is 10.1. The van der Waals surface area contributed by atoms with E-state index in [9.17, 15) is 9.18 Å². The molecular formula is C26H21FN8OS. The molecule has 0 saturated carbocycles. The van der Waals surface area contributed by atoms with Crippen LogP contribution in [-0.2, 0) is 11.8 Å². The van der Waals surface area contributed by atoms with Crippen molar-refractivity contribution in [3.05, 3.63) is 90.5 Å². The summed E-state index contributed by atoms with van der Waals surface area (Å²) in [4.78, 5) is 28.4. The van der Waals surface area contributed by atoms with Crippen LogP contribution in [0.4, 0.5) is 10.2 Å². The number of benzene rings is 1. The smallest absolute Gasteiger partial charge is 0.251 e. The van der Waals surface area contributed by atoms with Gasteiger partial charge in [-0.2, -0.15) is 5.10 Å². The summed E-state index contributed by atoms with van der Waals surface area (Å²) in [7, 11) is 1.92. The number of primary amides is 1.